The molecular weight excluding hydrogens is 418 g/mol. The predicted octanol–water partition coefficient (Wildman–Crippen LogP) is 4.43. The molecular formula is C25H27N5O3. The number of carbonyl (C=O) groups is 1. The highest BCUT2D eigenvalue weighted by Gasteiger charge is 2.18. The van der Waals surface area contributed by atoms with Crippen LogP contribution in [-0.2, 0) is 6.54 Å². The average Bonchev–Trinajstić information content (AvgIpc) is 3.30. The first-order chi connectivity index (χ1) is 16.0. The first-order valence-corrected chi connectivity index (χ1v) is 10.8. The van der Waals surface area contributed by atoms with Gasteiger partial charge in [-0.25, -0.2) is 4.98 Å². The van der Waals surface area contributed by atoms with E-state index in [1.807, 2.05) is 55.8 Å². The number of hydrogen-bond acceptors (Lipinski definition) is 6. The minimum absolute atomic E-state index is 0.300. The van der Waals surface area contributed by atoms with Crippen LogP contribution >= 0.6 is 0 Å². The molecule has 170 valence electrons. The van der Waals surface area contributed by atoms with Crippen molar-refractivity contribution in [3.8, 4) is 11.5 Å². The summed E-state index contributed by atoms with van der Waals surface area (Å²) in [6.45, 7) is 7.53. The number of nitrogens with zero attached hydrogens (tertiary/aromatic N) is 3. The molecule has 8 heteroatoms. The number of nitrogens with two attached hydrogens (primary N) is 1. The van der Waals surface area contributed by atoms with E-state index in [4.69, 9.17) is 15.2 Å². The minimum Gasteiger partial charge on any atom is -0.490 e. The maximum absolute atomic E-state index is 12.3. The Kier molecular flexibility index (Phi) is 6.44. The average molecular weight is 446 g/mol. The van der Waals surface area contributed by atoms with Crippen LogP contribution in [0, 0.1) is 6.92 Å². The van der Waals surface area contributed by atoms with Crippen molar-refractivity contribution in [3.05, 3.63) is 71.9 Å². The summed E-state index contributed by atoms with van der Waals surface area (Å²) >= 11 is 0. The smallest absolute Gasteiger partial charge is 0.252 e. The normalized spacial score (nSPS) is 10.9. The molecule has 0 aliphatic heterocycles. The van der Waals surface area contributed by atoms with Crippen molar-refractivity contribution < 1.29 is 14.3 Å². The van der Waals surface area contributed by atoms with Crippen LogP contribution in [0.4, 0.5) is 11.4 Å². The lowest BCUT2D eigenvalue weighted by atomic mass is 10.0. The van der Waals surface area contributed by atoms with Crippen molar-refractivity contribution in [2.24, 2.45) is 5.73 Å². The zero-order chi connectivity index (χ0) is 23.4. The number of benzene rings is 2. The van der Waals surface area contributed by atoms with Gasteiger partial charge in [0, 0.05) is 42.3 Å². The fraction of sp³-hybridized carbons (Fsp3) is 0.240. The summed E-state index contributed by atoms with van der Waals surface area (Å²) in [5, 5.41) is 4.16. The van der Waals surface area contributed by atoms with Gasteiger partial charge in [0.1, 0.15) is 0 Å². The van der Waals surface area contributed by atoms with E-state index in [0.717, 1.165) is 22.2 Å². The monoisotopic (exact) mass is 445 g/mol. The van der Waals surface area contributed by atoms with E-state index < -0.39 is 5.91 Å². The van der Waals surface area contributed by atoms with E-state index in [1.165, 1.54) is 6.20 Å². The largest absolute Gasteiger partial charge is 0.490 e. The molecule has 0 spiro atoms. The van der Waals surface area contributed by atoms with Gasteiger partial charge in [0.05, 0.1) is 36.3 Å². The van der Waals surface area contributed by atoms with Crippen LogP contribution in [0.1, 0.15) is 35.3 Å². The lowest BCUT2D eigenvalue weighted by Gasteiger charge is -2.18. The molecule has 0 saturated carbocycles. The fourth-order valence-corrected chi connectivity index (χ4v) is 3.76. The number of anilines is 2. The van der Waals surface area contributed by atoms with E-state index in [2.05, 4.69) is 21.4 Å². The summed E-state index contributed by atoms with van der Waals surface area (Å²) in [4.78, 5) is 20.8. The third kappa shape index (κ3) is 4.59. The van der Waals surface area contributed by atoms with Crippen LogP contribution in [-0.4, -0.2) is 33.7 Å². The Hall–Kier alpha value is -4.07. The van der Waals surface area contributed by atoms with E-state index in [1.54, 1.807) is 12.5 Å². The quantitative estimate of drug-likeness (QED) is 0.395. The number of fused-ring (bicyclic) bond motifs is 1. The van der Waals surface area contributed by atoms with Gasteiger partial charge in [0.15, 0.2) is 11.5 Å². The molecule has 0 bridgehead atoms. The van der Waals surface area contributed by atoms with Crippen molar-refractivity contribution >= 4 is 28.2 Å². The molecule has 1 amide bonds. The second-order valence-corrected chi connectivity index (χ2v) is 7.54. The number of hydrogen-bond donors (Lipinski definition) is 2. The Balaban J connectivity index is 1.83. The first kappa shape index (κ1) is 22.1. The van der Waals surface area contributed by atoms with Crippen LogP contribution in [0.3, 0.4) is 0 Å². The Morgan fingerprint density at radius 3 is 2.58 bits per heavy atom. The summed E-state index contributed by atoms with van der Waals surface area (Å²) in [6.07, 6.45) is 6.96. The van der Waals surface area contributed by atoms with Gasteiger partial charge < -0.3 is 25.1 Å². The van der Waals surface area contributed by atoms with Crippen LogP contribution in [0.2, 0.25) is 0 Å². The van der Waals surface area contributed by atoms with Gasteiger partial charge in [-0.15, -0.1) is 0 Å². The van der Waals surface area contributed by atoms with E-state index in [0.29, 0.717) is 48.0 Å². The maximum atomic E-state index is 12.3. The van der Waals surface area contributed by atoms with Crippen LogP contribution in [0.15, 0.2) is 55.2 Å². The molecule has 0 atom stereocenters. The molecule has 4 aromatic rings. The summed E-state index contributed by atoms with van der Waals surface area (Å²) in [5.74, 6) is 0.630. The number of amides is 1. The van der Waals surface area contributed by atoms with Gasteiger partial charge in [-0.1, -0.05) is 12.1 Å². The third-order valence-electron chi connectivity index (χ3n) is 5.42. The molecule has 0 saturated heterocycles. The summed E-state index contributed by atoms with van der Waals surface area (Å²) in [7, 11) is 0. The predicted molar refractivity (Wildman–Crippen MR) is 128 cm³/mol. The van der Waals surface area contributed by atoms with Gasteiger partial charge >= 0.3 is 0 Å². The zero-order valence-electron chi connectivity index (χ0n) is 19.0. The number of aromatic nitrogens is 3. The molecule has 0 aliphatic rings. The number of primary amides is 1. The Labute approximate surface area is 192 Å². The van der Waals surface area contributed by atoms with Gasteiger partial charge in [-0.3, -0.25) is 9.78 Å². The molecule has 0 unspecified atom stereocenters. The van der Waals surface area contributed by atoms with Crippen molar-refractivity contribution in [2.45, 2.75) is 27.3 Å². The molecule has 2 aromatic heterocycles. The number of ether oxygens (including phenoxy) is 2. The highest BCUT2D eigenvalue weighted by molar-refractivity contribution is 6.08. The number of pyridine rings is 1. The van der Waals surface area contributed by atoms with Crippen molar-refractivity contribution in [1.29, 1.82) is 0 Å². The highest BCUT2D eigenvalue weighted by atomic mass is 16.5. The van der Waals surface area contributed by atoms with Gasteiger partial charge in [0.2, 0.25) is 0 Å². The van der Waals surface area contributed by atoms with E-state index in [-0.39, 0.29) is 0 Å². The number of rotatable bonds is 9. The molecule has 33 heavy (non-hydrogen) atoms. The summed E-state index contributed by atoms with van der Waals surface area (Å²) in [6, 6.07) is 9.69. The van der Waals surface area contributed by atoms with E-state index in [9.17, 15) is 4.79 Å². The zero-order valence-corrected chi connectivity index (χ0v) is 19.0. The van der Waals surface area contributed by atoms with Crippen molar-refractivity contribution in [1.82, 2.24) is 14.5 Å². The molecule has 2 heterocycles. The van der Waals surface area contributed by atoms with Gasteiger partial charge in [-0.2, -0.15) is 0 Å². The number of nitrogens with one attached hydrogen (secondary N) is 1. The summed E-state index contributed by atoms with van der Waals surface area (Å²) < 4.78 is 13.5. The Bertz CT molecular complexity index is 1290. The fourth-order valence-electron chi connectivity index (χ4n) is 3.76. The minimum atomic E-state index is -0.564. The van der Waals surface area contributed by atoms with Gasteiger partial charge in [0.25, 0.3) is 5.91 Å². The standard InChI is InChI=1S/C25H27N5O3/c1-4-32-22-11-18-21(12-23(22)33-5-2)28-13-19(25(26)31)24(18)29-20-8-6-7-17(16(20)3)14-30-10-9-27-15-30/h6-13,15H,4-5,14H2,1-3H3,(H2,26,31)(H,28,29). The van der Waals surface area contributed by atoms with Crippen molar-refractivity contribution in [3.63, 3.8) is 0 Å². The van der Waals surface area contributed by atoms with Crippen LogP contribution in [0.5, 0.6) is 11.5 Å². The molecule has 0 aliphatic carbocycles. The number of carbonyl (C=O) groups excluding carboxylic acids is 1. The lowest BCUT2D eigenvalue weighted by molar-refractivity contribution is 0.100. The molecule has 0 radical (unpaired) electrons. The maximum Gasteiger partial charge on any atom is 0.252 e. The van der Waals surface area contributed by atoms with Crippen LogP contribution in [0.25, 0.3) is 10.9 Å². The Morgan fingerprint density at radius 1 is 1.15 bits per heavy atom. The summed E-state index contributed by atoms with van der Waals surface area (Å²) in [5.41, 5.74) is 10.3. The highest BCUT2D eigenvalue weighted by Crippen LogP contribution is 2.38. The second-order valence-electron chi connectivity index (χ2n) is 7.54. The molecule has 0 fully saturated rings. The molecule has 2 aromatic carbocycles. The Morgan fingerprint density at radius 2 is 1.91 bits per heavy atom. The molecule has 8 nitrogen and oxygen atoms in total. The second kappa shape index (κ2) is 9.60. The SMILES string of the molecule is CCOc1cc2ncc(C(N)=O)c(Nc3cccc(Cn4ccnc4)c3C)c2cc1OCC. The lowest BCUT2D eigenvalue weighted by Crippen LogP contribution is -2.14. The third-order valence-corrected chi connectivity index (χ3v) is 5.42. The van der Waals surface area contributed by atoms with E-state index >= 15 is 0 Å². The number of imidazole rings is 1. The van der Waals surface area contributed by atoms with Crippen LogP contribution < -0.4 is 20.5 Å². The molecule has 3 N–H and O–H groups in total. The molecule has 4 rings (SSSR count). The van der Waals surface area contributed by atoms with Crippen molar-refractivity contribution in [2.75, 3.05) is 18.5 Å². The topological polar surface area (TPSA) is 104 Å². The van der Waals surface area contributed by atoms with Gasteiger partial charge in [-0.05, 0) is 44.0 Å². The first-order valence-electron chi connectivity index (χ1n) is 10.8.